The van der Waals surface area contributed by atoms with Gasteiger partial charge in [0, 0.05) is 19.6 Å². The minimum Gasteiger partial charge on any atom is -0.444 e. The summed E-state index contributed by atoms with van der Waals surface area (Å²) in [4.78, 5) is 13.2. The van der Waals surface area contributed by atoms with Gasteiger partial charge in [0.2, 0.25) is 0 Å². The van der Waals surface area contributed by atoms with E-state index in [0.717, 1.165) is 0 Å². The van der Waals surface area contributed by atoms with Crippen LogP contribution in [0.5, 0.6) is 0 Å². The van der Waals surface area contributed by atoms with Crippen molar-refractivity contribution in [1.82, 2.24) is 10.2 Å². The number of nitrogens with zero attached hydrogens (tertiary/aromatic N) is 1. The maximum atomic E-state index is 11.3. The van der Waals surface area contributed by atoms with E-state index in [9.17, 15) is 4.79 Å². The molecule has 1 amide bonds. The van der Waals surface area contributed by atoms with Crippen molar-refractivity contribution in [2.45, 2.75) is 26.4 Å². The highest BCUT2D eigenvalue weighted by Crippen LogP contribution is 2.06. The van der Waals surface area contributed by atoms with Crippen LogP contribution in [-0.4, -0.2) is 54.5 Å². The monoisotopic (exact) mass is 242 g/mol. The summed E-state index contributed by atoms with van der Waals surface area (Å²) in [6.07, 6.45) is 4.75. The Kier molecular flexibility index (Phi) is 7.35. The highest BCUT2D eigenvalue weighted by atomic mass is 16.6. The molecular formula is C12H22N2O3. The molecule has 0 fully saturated rings. The smallest absolute Gasteiger partial charge is 0.407 e. The molecule has 0 bridgehead atoms. The van der Waals surface area contributed by atoms with Crippen LogP contribution >= 0.6 is 0 Å². The summed E-state index contributed by atoms with van der Waals surface area (Å²) in [7, 11) is 0. The van der Waals surface area contributed by atoms with Gasteiger partial charge in [0.15, 0.2) is 0 Å². The fourth-order valence-electron chi connectivity index (χ4n) is 1.17. The van der Waals surface area contributed by atoms with Gasteiger partial charge in [0.05, 0.1) is 13.2 Å². The van der Waals surface area contributed by atoms with Gasteiger partial charge in [-0.3, -0.25) is 4.90 Å². The normalized spacial score (nSPS) is 11.1. The van der Waals surface area contributed by atoms with Gasteiger partial charge in [-0.25, -0.2) is 4.79 Å². The molecule has 0 rings (SSSR count). The average molecular weight is 242 g/mol. The molecule has 0 atom stereocenters. The van der Waals surface area contributed by atoms with Crippen LogP contribution < -0.4 is 5.32 Å². The second kappa shape index (κ2) is 7.93. The molecule has 0 saturated heterocycles. The zero-order chi connectivity index (χ0) is 13.3. The van der Waals surface area contributed by atoms with Crippen molar-refractivity contribution >= 4 is 6.09 Å². The van der Waals surface area contributed by atoms with Crippen molar-refractivity contribution in [3.05, 3.63) is 0 Å². The number of ether oxygens (including phenoxy) is 1. The van der Waals surface area contributed by atoms with Crippen molar-refractivity contribution < 1.29 is 14.6 Å². The fraction of sp³-hybridized carbons (Fsp3) is 0.750. The Morgan fingerprint density at radius 2 is 2.12 bits per heavy atom. The summed E-state index contributed by atoms with van der Waals surface area (Å²) in [5, 5.41) is 11.4. The first-order valence-corrected chi connectivity index (χ1v) is 5.62. The van der Waals surface area contributed by atoms with Gasteiger partial charge in [-0.1, -0.05) is 5.92 Å². The van der Waals surface area contributed by atoms with E-state index < -0.39 is 11.7 Å². The lowest BCUT2D eigenvalue weighted by Gasteiger charge is -2.21. The summed E-state index contributed by atoms with van der Waals surface area (Å²) in [6.45, 7) is 7.46. The maximum absolute atomic E-state index is 11.3. The van der Waals surface area contributed by atoms with E-state index in [1.54, 1.807) is 0 Å². The van der Waals surface area contributed by atoms with E-state index in [1.807, 2.05) is 25.7 Å². The molecular weight excluding hydrogens is 220 g/mol. The molecule has 5 heteroatoms. The third kappa shape index (κ3) is 9.67. The summed E-state index contributed by atoms with van der Waals surface area (Å²) in [5.41, 5.74) is -0.492. The summed E-state index contributed by atoms with van der Waals surface area (Å²) in [5.74, 6) is 2.50. The number of alkyl carbamates (subject to hydrolysis) is 1. The number of rotatable bonds is 6. The Hall–Kier alpha value is -1.25. The minimum atomic E-state index is -0.492. The second-order valence-electron chi connectivity index (χ2n) is 4.63. The molecule has 98 valence electrons. The third-order valence-corrected chi connectivity index (χ3v) is 1.83. The van der Waals surface area contributed by atoms with Crippen LogP contribution in [0.1, 0.15) is 20.8 Å². The number of nitrogens with one attached hydrogen (secondary N) is 1. The molecule has 0 radical (unpaired) electrons. The number of amides is 1. The van der Waals surface area contributed by atoms with Crippen molar-refractivity contribution in [3.8, 4) is 12.3 Å². The predicted octanol–water partition coefficient (Wildman–Crippen LogP) is 0.439. The Morgan fingerprint density at radius 3 is 2.59 bits per heavy atom. The molecule has 5 nitrogen and oxygen atoms in total. The standard InChI is InChI=1S/C12H22N2O3/c1-5-7-14(9-10-15)8-6-13-11(16)17-12(2,3)4/h1,15H,6-10H2,2-4H3,(H,13,16). The van der Waals surface area contributed by atoms with Gasteiger partial charge in [0.1, 0.15) is 5.60 Å². The SMILES string of the molecule is C#CCN(CCO)CCNC(=O)OC(C)(C)C. The number of hydrogen-bond acceptors (Lipinski definition) is 4. The molecule has 0 saturated carbocycles. The van der Waals surface area contributed by atoms with Crippen LogP contribution in [-0.2, 0) is 4.74 Å². The van der Waals surface area contributed by atoms with E-state index in [0.29, 0.717) is 26.2 Å². The molecule has 0 aromatic rings. The quantitative estimate of drug-likeness (QED) is 0.663. The van der Waals surface area contributed by atoms with Crippen molar-refractivity contribution in [2.75, 3.05) is 32.8 Å². The summed E-state index contributed by atoms with van der Waals surface area (Å²) < 4.78 is 5.08. The number of terminal acetylenes is 1. The highest BCUT2D eigenvalue weighted by Gasteiger charge is 2.15. The van der Waals surface area contributed by atoms with Crippen molar-refractivity contribution in [1.29, 1.82) is 0 Å². The van der Waals surface area contributed by atoms with Crippen LogP contribution in [0.25, 0.3) is 0 Å². The fourth-order valence-corrected chi connectivity index (χ4v) is 1.17. The summed E-state index contributed by atoms with van der Waals surface area (Å²) >= 11 is 0. The van der Waals surface area contributed by atoms with Gasteiger partial charge < -0.3 is 15.2 Å². The van der Waals surface area contributed by atoms with Gasteiger partial charge >= 0.3 is 6.09 Å². The second-order valence-corrected chi connectivity index (χ2v) is 4.63. The highest BCUT2D eigenvalue weighted by molar-refractivity contribution is 5.67. The Labute approximate surface area is 103 Å². The third-order valence-electron chi connectivity index (χ3n) is 1.83. The molecule has 0 aliphatic rings. The van der Waals surface area contributed by atoms with E-state index in [-0.39, 0.29) is 6.61 Å². The molecule has 0 aromatic heterocycles. The van der Waals surface area contributed by atoms with E-state index in [2.05, 4.69) is 11.2 Å². The Morgan fingerprint density at radius 1 is 1.47 bits per heavy atom. The average Bonchev–Trinajstić information content (AvgIpc) is 2.15. The predicted molar refractivity (Wildman–Crippen MR) is 66.6 cm³/mol. The summed E-state index contributed by atoms with van der Waals surface area (Å²) in [6, 6.07) is 0. The lowest BCUT2D eigenvalue weighted by Crippen LogP contribution is -2.39. The van der Waals surface area contributed by atoms with Crippen LogP contribution in [0.3, 0.4) is 0 Å². The molecule has 2 N–H and O–H groups in total. The van der Waals surface area contributed by atoms with Crippen LogP contribution in [0.2, 0.25) is 0 Å². The van der Waals surface area contributed by atoms with Gasteiger partial charge in [-0.05, 0) is 20.8 Å². The number of carbonyl (C=O) groups excluding carboxylic acids is 1. The zero-order valence-corrected chi connectivity index (χ0v) is 10.8. The van der Waals surface area contributed by atoms with Gasteiger partial charge in [-0.2, -0.15) is 0 Å². The topological polar surface area (TPSA) is 61.8 Å². The van der Waals surface area contributed by atoms with Crippen LogP contribution in [0, 0.1) is 12.3 Å². The van der Waals surface area contributed by atoms with Gasteiger partial charge in [-0.15, -0.1) is 6.42 Å². The van der Waals surface area contributed by atoms with E-state index in [4.69, 9.17) is 16.3 Å². The van der Waals surface area contributed by atoms with Crippen LogP contribution in [0.15, 0.2) is 0 Å². The minimum absolute atomic E-state index is 0.0497. The number of aliphatic hydroxyl groups is 1. The first-order valence-electron chi connectivity index (χ1n) is 5.62. The molecule has 0 heterocycles. The van der Waals surface area contributed by atoms with Crippen LogP contribution in [0.4, 0.5) is 4.79 Å². The maximum Gasteiger partial charge on any atom is 0.407 e. The molecule has 0 unspecified atom stereocenters. The molecule has 0 aromatic carbocycles. The lowest BCUT2D eigenvalue weighted by atomic mass is 10.2. The lowest BCUT2D eigenvalue weighted by molar-refractivity contribution is 0.0522. The van der Waals surface area contributed by atoms with E-state index in [1.165, 1.54) is 0 Å². The van der Waals surface area contributed by atoms with Crippen molar-refractivity contribution in [3.63, 3.8) is 0 Å². The zero-order valence-electron chi connectivity index (χ0n) is 10.8. The van der Waals surface area contributed by atoms with Gasteiger partial charge in [0.25, 0.3) is 0 Å². The number of aliphatic hydroxyl groups excluding tert-OH is 1. The van der Waals surface area contributed by atoms with E-state index >= 15 is 0 Å². The molecule has 0 spiro atoms. The molecule has 0 aliphatic heterocycles. The Balaban J connectivity index is 3.81. The first kappa shape index (κ1) is 15.8. The number of carbonyl (C=O) groups is 1. The largest absolute Gasteiger partial charge is 0.444 e. The van der Waals surface area contributed by atoms with Crippen molar-refractivity contribution in [2.24, 2.45) is 0 Å². The molecule has 0 aliphatic carbocycles. The number of hydrogen-bond donors (Lipinski definition) is 2. The molecule has 17 heavy (non-hydrogen) atoms. The first-order chi connectivity index (χ1) is 7.89. The Bertz CT molecular complexity index is 266.